The highest BCUT2D eigenvalue weighted by atomic mass is 16.5. The molecule has 0 heterocycles. The van der Waals surface area contributed by atoms with E-state index >= 15 is 0 Å². The summed E-state index contributed by atoms with van der Waals surface area (Å²) < 4.78 is 17.0. The smallest absolute Gasteiger partial charge is 0.338 e. The monoisotopic (exact) mass is 635 g/mol. The highest BCUT2D eigenvalue weighted by Gasteiger charge is 2.19. The number of hydrogen-bond donors (Lipinski definition) is 0. The van der Waals surface area contributed by atoms with Crippen LogP contribution in [-0.2, 0) is 45.0 Å². The van der Waals surface area contributed by atoms with Crippen molar-refractivity contribution >= 4 is 11.9 Å². The first-order chi connectivity index (χ1) is 22.9. The van der Waals surface area contributed by atoms with Gasteiger partial charge in [-0.05, 0) is 92.9 Å². The maximum atomic E-state index is 12.2. The summed E-state index contributed by atoms with van der Waals surface area (Å²) >= 11 is 0. The van der Waals surface area contributed by atoms with Gasteiger partial charge in [0.15, 0.2) is 0 Å². The molecule has 0 radical (unpaired) electrons. The minimum absolute atomic E-state index is 0.152. The van der Waals surface area contributed by atoms with Crippen LogP contribution in [0.15, 0.2) is 103 Å². The molecule has 0 spiro atoms. The van der Waals surface area contributed by atoms with Gasteiger partial charge in [-0.2, -0.15) is 0 Å². The van der Waals surface area contributed by atoms with Gasteiger partial charge < -0.3 is 14.2 Å². The normalized spacial score (nSPS) is 11.7. The van der Waals surface area contributed by atoms with E-state index < -0.39 is 0 Å². The van der Waals surface area contributed by atoms with Crippen molar-refractivity contribution in [1.82, 2.24) is 4.90 Å². The van der Waals surface area contributed by atoms with Crippen molar-refractivity contribution in [2.45, 2.75) is 72.1 Å². The van der Waals surface area contributed by atoms with E-state index in [2.05, 4.69) is 90.7 Å². The summed E-state index contributed by atoms with van der Waals surface area (Å²) in [7, 11) is 0. The van der Waals surface area contributed by atoms with Crippen molar-refractivity contribution in [1.29, 1.82) is 0 Å². The van der Waals surface area contributed by atoms with Crippen molar-refractivity contribution in [3.8, 4) is 0 Å². The van der Waals surface area contributed by atoms with Gasteiger partial charge in [0.05, 0.1) is 31.5 Å². The number of carbonyl (C=O) groups excluding carboxylic acids is 2. The Morgan fingerprint density at radius 1 is 0.681 bits per heavy atom. The molecule has 47 heavy (non-hydrogen) atoms. The summed E-state index contributed by atoms with van der Waals surface area (Å²) in [6.07, 6.45) is 3.89. The van der Waals surface area contributed by atoms with Gasteiger partial charge >= 0.3 is 11.9 Å². The number of ether oxygens (including phenoxy) is 3. The molecule has 1 unspecified atom stereocenters. The van der Waals surface area contributed by atoms with Gasteiger partial charge in [-0.25, -0.2) is 4.79 Å². The molecular weight excluding hydrogens is 586 g/mol. The summed E-state index contributed by atoms with van der Waals surface area (Å²) in [5.74, 6) is -0.465. The third-order valence-corrected chi connectivity index (χ3v) is 8.17. The zero-order chi connectivity index (χ0) is 33.3. The van der Waals surface area contributed by atoms with E-state index in [0.29, 0.717) is 44.9 Å². The molecule has 0 amide bonds. The summed E-state index contributed by atoms with van der Waals surface area (Å²) in [5.41, 5.74) is 7.78. The van der Waals surface area contributed by atoms with Crippen molar-refractivity contribution < 1.29 is 23.8 Å². The van der Waals surface area contributed by atoms with Crippen LogP contribution in [0.4, 0.5) is 0 Å². The number of carbonyl (C=O) groups is 2. The average molecular weight is 636 g/mol. The van der Waals surface area contributed by atoms with E-state index in [1.54, 1.807) is 6.92 Å². The van der Waals surface area contributed by atoms with Crippen LogP contribution in [0.25, 0.3) is 0 Å². The van der Waals surface area contributed by atoms with E-state index in [0.717, 1.165) is 48.9 Å². The van der Waals surface area contributed by atoms with Crippen LogP contribution in [0, 0.1) is 6.92 Å². The Morgan fingerprint density at radius 2 is 1.30 bits per heavy atom. The summed E-state index contributed by atoms with van der Waals surface area (Å²) in [6, 6.07) is 35.5. The summed E-state index contributed by atoms with van der Waals surface area (Å²) in [4.78, 5) is 26.5. The number of rotatable bonds is 19. The lowest BCUT2D eigenvalue weighted by Gasteiger charge is -2.28. The topological polar surface area (TPSA) is 65.1 Å². The van der Waals surface area contributed by atoms with Crippen LogP contribution in [0.3, 0.4) is 0 Å². The van der Waals surface area contributed by atoms with Gasteiger partial charge in [-0.3, -0.25) is 9.69 Å². The van der Waals surface area contributed by atoms with Crippen LogP contribution < -0.4 is 0 Å². The number of nitrogens with zero attached hydrogens (tertiary/aromatic N) is 1. The van der Waals surface area contributed by atoms with Crippen LogP contribution >= 0.6 is 0 Å². The van der Waals surface area contributed by atoms with Gasteiger partial charge in [0.2, 0.25) is 0 Å². The first-order valence-corrected chi connectivity index (χ1v) is 16.9. The summed E-state index contributed by atoms with van der Waals surface area (Å²) in [6.45, 7) is 9.14. The number of unbranched alkanes of at least 4 members (excludes halogenated alkanes) is 1. The molecule has 6 heteroatoms. The van der Waals surface area contributed by atoms with Gasteiger partial charge in [0.1, 0.15) is 0 Å². The maximum absolute atomic E-state index is 12.2. The molecule has 0 fully saturated rings. The molecule has 1 atom stereocenters. The average Bonchev–Trinajstić information content (AvgIpc) is 3.09. The lowest BCUT2D eigenvalue weighted by Crippen LogP contribution is -2.30. The Labute approximate surface area is 280 Å². The third kappa shape index (κ3) is 12.5. The van der Waals surface area contributed by atoms with E-state index in [4.69, 9.17) is 14.2 Å². The van der Waals surface area contributed by atoms with Gasteiger partial charge in [0, 0.05) is 19.5 Å². The molecule has 6 nitrogen and oxygen atoms in total. The van der Waals surface area contributed by atoms with Gasteiger partial charge in [0.25, 0.3) is 0 Å². The summed E-state index contributed by atoms with van der Waals surface area (Å²) in [5, 5.41) is 0. The molecule has 0 aliphatic heterocycles. The lowest BCUT2D eigenvalue weighted by molar-refractivity contribution is -0.143. The Bertz CT molecular complexity index is 1480. The second-order valence-corrected chi connectivity index (χ2v) is 11.9. The van der Waals surface area contributed by atoms with Crippen molar-refractivity contribution in [2.24, 2.45) is 0 Å². The van der Waals surface area contributed by atoms with E-state index in [1.807, 2.05) is 31.2 Å². The predicted octanol–water partition coefficient (Wildman–Crippen LogP) is 8.45. The first kappa shape index (κ1) is 35.6. The number of benzene rings is 4. The van der Waals surface area contributed by atoms with Crippen LogP contribution in [0.2, 0.25) is 0 Å². The highest BCUT2D eigenvalue weighted by Crippen LogP contribution is 2.24. The molecule has 0 N–H and O–H groups in total. The number of esters is 2. The molecule has 4 aromatic carbocycles. The van der Waals surface area contributed by atoms with E-state index in [9.17, 15) is 9.59 Å². The second kappa shape index (κ2) is 19.4. The standard InChI is InChI=1S/C41H49NO5/c1-4-45-40(43)13-9-10-28-42(29-35-22-26-38(27-23-35)41(44)46-5-2)30-39(37-24-14-32(3)15-25-37)47-31-36-20-18-34(19-21-36)17-16-33-11-7-6-8-12-33/h6-8,11-12,14-15,18-27,39H,4-5,9-10,13,16-17,28-31H2,1-3H3. The fraction of sp³-hybridized carbons (Fsp3) is 0.366. The molecule has 0 bridgehead atoms. The fourth-order valence-electron chi connectivity index (χ4n) is 5.49. The van der Waals surface area contributed by atoms with Crippen molar-refractivity contribution in [2.75, 3.05) is 26.3 Å². The predicted molar refractivity (Wildman–Crippen MR) is 187 cm³/mol. The molecule has 4 aromatic rings. The quantitative estimate of drug-likeness (QED) is 0.0761. The lowest BCUT2D eigenvalue weighted by atomic mass is 10.0. The molecule has 0 saturated heterocycles. The molecular formula is C41H49NO5. The van der Waals surface area contributed by atoms with Crippen LogP contribution in [0.5, 0.6) is 0 Å². The van der Waals surface area contributed by atoms with Crippen LogP contribution in [0.1, 0.15) is 83.0 Å². The number of hydrogen-bond acceptors (Lipinski definition) is 6. The van der Waals surface area contributed by atoms with E-state index in [-0.39, 0.29) is 18.0 Å². The Morgan fingerprint density at radius 3 is 1.96 bits per heavy atom. The first-order valence-electron chi connectivity index (χ1n) is 16.9. The van der Waals surface area contributed by atoms with Crippen molar-refractivity contribution in [3.63, 3.8) is 0 Å². The minimum Gasteiger partial charge on any atom is -0.466 e. The maximum Gasteiger partial charge on any atom is 0.338 e. The van der Waals surface area contributed by atoms with Gasteiger partial charge in [-0.1, -0.05) is 96.6 Å². The Hall–Kier alpha value is -4.26. The molecule has 0 saturated carbocycles. The number of aryl methyl sites for hydroxylation is 3. The van der Waals surface area contributed by atoms with Crippen LogP contribution in [-0.4, -0.2) is 43.1 Å². The minimum atomic E-state index is -0.313. The molecule has 0 aromatic heterocycles. The SMILES string of the molecule is CCOC(=O)CCCCN(Cc1ccc(C(=O)OCC)cc1)CC(OCc1ccc(CCc2ccccc2)cc1)c1ccc(C)cc1. The Kier molecular flexibility index (Phi) is 14.7. The van der Waals surface area contributed by atoms with E-state index in [1.165, 1.54) is 16.7 Å². The largest absolute Gasteiger partial charge is 0.466 e. The van der Waals surface area contributed by atoms with Crippen molar-refractivity contribution in [3.05, 3.63) is 142 Å². The fourth-order valence-corrected chi connectivity index (χ4v) is 5.49. The zero-order valence-corrected chi connectivity index (χ0v) is 28.2. The highest BCUT2D eigenvalue weighted by molar-refractivity contribution is 5.89. The Balaban J connectivity index is 1.44. The second-order valence-electron chi connectivity index (χ2n) is 11.9. The molecule has 4 rings (SSSR count). The zero-order valence-electron chi connectivity index (χ0n) is 28.2. The molecule has 0 aliphatic rings. The molecule has 248 valence electrons. The molecule has 0 aliphatic carbocycles. The van der Waals surface area contributed by atoms with Gasteiger partial charge in [-0.15, -0.1) is 0 Å². The third-order valence-electron chi connectivity index (χ3n) is 8.17.